The quantitative estimate of drug-likeness (QED) is 0.319. The number of hydrogen-bond donors (Lipinski definition) is 5. The maximum absolute atomic E-state index is 13.0. The Balaban J connectivity index is 1.69. The van der Waals surface area contributed by atoms with E-state index in [1.165, 1.54) is 25.1 Å². The highest BCUT2D eigenvalue weighted by atomic mass is 16.7. The van der Waals surface area contributed by atoms with Gasteiger partial charge in [-0.2, -0.15) is 0 Å². The molecule has 1 saturated heterocycles. The SMILES string of the molecule is CC(=O)OCC1OC(Oc2cc3c(c(O)c2C)C(=O)c2ccc(O)cc2C3=O)C(O)C(O)C1O. The van der Waals surface area contributed by atoms with Crippen LogP contribution in [0.1, 0.15) is 44.3 Å². The van der Waals surface area contributed by atoms with Gasteiger partial charge in [-0.3, -0.25) is 14.4 Å². The lowest BCUT2D eigenvalue weighted by Gasteiger charge is -2.40. The van der Waals surface area contributed by atoms with Crippen LogP contribution in [0.3, 0.4) is 0 Å². The molecule has 5 unspecified atom stereocenters. The molecule has 180 valence electrons. The number of aliphatic hydroxyl groups is 3. The van der Waals surface area contributed by atoms with Crippen molar-refractivity contribution in [2.75, 3.05) is 6.61 Å². The molecule has 4 rings (SSSR count). The summed E-state index contributed by atoms with van der Waals surface area (Å²) < 4.78 is 15.9. The van der Waals surface area contributed by atoms with Gasteiger partial charge in [0, 0.05) is 29.2 Å². The van der Waals surface area contributed by atoms with E-state index in [1.807, 2.05) is 0 Å². The second-order valence-electron chi connectivity index (χ2n) is 8.09. The lowest BCUT2D eigenvalue weighted by Crippen LogP contribution is -2.60. The van der Waals surface area contributed by atoms with Gasteiger partial charge >= 0.3 is 5.97 Å². The average Bonchev–Trinajstić information content (AvgIpc) is 2.79. The Morgan fingerprint density at radius 3 is 2.35 bits per heavy atom. The molecule has 1 heterocycles. The molecule has 2 aromatic carbocycles. The van der Waals surface area contributed by atoms with Crippen LogP contribution < -0.4 is 4.74 Å². The highest BCUT2D eigenvalue weighted by Gasteiger charge is 2.46. The molecule has 0 radical (unpaired) electrons. The zero-order valence-corrected chi connectivity index (χ0v) is 18.1. The van der Waals surface area contributed by atoms with Crippen molar-refractivity contribution in [2.24, 2.45) is 0 Å². The van der Waals surface area contributed by atoms with Gasteiger partial charge in [0.2, 0.25) is 6.29 Å². The van der Waals surface area contributed by atoms with Crippen LogP contribution in [0.4, 0.5) is 0 Å². The fourth-order valence-corrected chi connectivity index (χ4v) is 3.95. The van der Waals surface area contributed by atoms with Gasteiger partial charge in [0.25, 0.3) is 0 Å². The molecule has 1 fully saturated rings. The van der Waals surface area contributed by atoms with Crippen molar-refractivity contribution in [1.29, 1.82) is 0 Å². The summed E-state index contributed by atoms with van der Waals surface area (Å²) in [5, 5.41) is 51.1. The number of phenolic OH excluding ortho intramolecular Hbond substituents is 2. The molecule has 2 aliphatic rings. The number of ether oxygens (including phenoxy) is 3. The van der Waals surface area contributed by atoms with Gasteiger partial charge in [0.05, 0.1) is 5.56 Å². The van der Waals surface area contributed by atoms with Crippen molar-refractivity contribution in [3.63, 3.8) is 0 Å². The van der Waals surface area contributed by atoms with Crippen molar-refractivity contribution in [2.45, 2.75) is 44.6 Å². The Kier molecular flexibility index (Phi) is 6.04. The fourth-order valence-electron chi connectivity index (χ4n) is 3.95. The summed E-state index contributed by atoms with van der Waals surface area (Å²) in [5.41, 5.74) is -0.407. The largest absolute Gasteiger partial charge is 0.508 e. The Hall–Kier alpha value is -3.51. The molecule has 5 N–H and O–H groups in total. The maximum Gasteiger partial charge on any atom is 0.302 e. The number of phenols is 2. The summed E-state index contributed by atoms with van der Waals surface area (Å²) >= 11 is 0. The van der Waals surface area contributed by atoms with Crippen LogP contribution in [0.15, 0.2) is 24.3 Å². The van der Waals surface area contributed by atoms with Crippen molar-refractivity contribution in [1.82, 2.24) is 0 Å². The molecule has 0 spiro atoms. The number of ketones is 2. The molecule has 0 bridgehead atoms. The molecular formula is C23H22O11. The third-order valence-electron chi connectivity index (χ3n) is 5.83. The Bertz CT molecular complexity index is 1190. The van der Waals surface area contributed by atoms with Crippen LogP contribution in [-0.2, 0) is 14.3 Å². The zero-order valence-electron chi connectivity index (χ0n) is 18.1. The number of esters is 1. The van der Waals surface area contributed by atoms with E-state index in [9.17, 15) is 39.9 Å². The van der Waals surface area contributed by atoms with Gasteiger partial charge in [-0.25, -0.2) is 0 Å². The molecule has 11 heteroatoms. The summed E-state index contributed by atoms with van der Waals surface area (Å²) in [6.07, 6.45) is -7.87. The van der Waals surface area contributed by atoms with E-state index < -0.39 is 60.6 Å². The number of aliphatic hydroxyl groups excluding tert-OH is 3. The van der Waals surface area contributed by atoms with Gasteiger partial charge in [-0.1, -0.05) is 0 Å². The minimum Gasteiger partial charge on any atom is -0.508 e. The lowest BCUT2D eigenvalue weighted by atomic mass is 9.82. The summed E-state index contributed by atoms with van der Waals surface area (Å²) in [6, 6.07) is 4.87. The van der Waals surface area contributed by atoms with Gasteiger partial charge in [-0.05, 0) is 31.2 Å². The zero-order chi connectivity index (χ0) is 24.9. The first-order valence-corrected chi connectivity index (χ1v) is 10.3. The van der Waals surface area contributed by atoms with Crippen molar-refractivity contribution >= 4 is 17.5 Å². The van der Waals surface area contributed by atoms with Crippen LogP contribution in [0.2, 0.25) is 0 Å². The fraction of sp³-hybridized carbons (Fsp3) is 0.348. The van der Waals surface area contributed by atoms with Crippen LogP contribution >= 0.6 is 0 Å². The van der Waals surface area contributed by atoms with Gasteiger partial charge in [-0.15, -0.1) is 0 Å². The highest BCUT2D eigenvalue weighted by Crippen LogP contribution is 2.41. The summed E-state index contributed by atoms with van der Waals surface area (Å²) in [5.74, 6) is -2.80. The second kappa shape index (κ2) is 8.69. The van der Waals surface area contributed by atoms with E-state index in [2.05, 4.69) is 0 Å². The number of fused-ring (bicyclic) bond motifs is 2. The lowest BCUT2D eigenvalue weighted by molar-refractivity contribution is -0.278. The standard InChI is InChI=1S/C23H22O11/c1-8-14(33-23-22(31)21(30)20(29)15(34-23)7-32-9(2)24)6-13-16(17(8)26)19(28)11-4-3-10(25)5-12(11)18(13)27/h3-6,15,20-23,25-26,29-31H,7H2,1-2H3. The van der Waals surface area contributed by atoms with E-state index in [0.717, 1.165) is 13.0 Å². The Morgan fingerprint density at radius 2 is 1.68 bits per heavy atom. The Labute approximate surface area is 192 Å². The third-order valence-corrected chi connectivity index (χ3v) is 5.83. The van der Waals surface area contributed by atoms with Gasteiger partial charge in [0.15, 0.2) is 11.6 Å². The van der Waals surface area contributed by atoms with Crippen molar-refractivity contribution in [3.8, 4) is 17.2 Å². The molecule has 11 nitrogen and oxygen atoms in total. The van der Waals surface area contributed by atoms with E-state index >= 15 is 0 Å². The first kappa shape index (κ1) is 23.6. The second-order valence-corrected chi connectivity index (χ2v) is 8.09. The third kappa shape index (κ3) is 3.88. The molecule has 5 atom stereocenters. The van der Waals surface area contributed by atoms with E-state index in [-0.39, 0.29) is 39.3 Å². The number of carbonyl (C=O) groups is 3. The van der Waals surface area contributed by atoms with Gasteiger partial charge < -0.3 is 39.7 Å². The summed E-state index contributed by atoms with van der Waals surface area (Å²) in [7, 11) is 0. The number of aromatic hydroxyl groups is 2. The van der Waals surface area contributed by atoms with E-state index in [1.54, 1.807) is 0 Å². The highest BCUT2D eigenvalue weighted by molar-refractivity contribution is 6.29. The summed E-state index contributed by atoms with van der Waals surface area (Å²) in [4.78, 5) is 37.1. The van der Waals surface area contributed by atoms with Crippen molar-refractivity contribution in [3.05, 3.63) is 52.1 Å². The number of rotatable bonds is 4. The minimum atomic E-state index is -1.74. The summed E-state index contributed by atoms with van der Waals surface area (Å²) in [6.45, 7) is 2.12. The van der Waals surface area contributed by atoms with E-state index in [4.69, 9.17) is 14.2 Å². The normalized spacial score (nSPS) is 26.0. The van der Waals surface area contributed by atoms with E-state index in [0.29, 0.717) is 0 Å². The minimum absolute atomic E-state index is 0.0233. The van der Waals surface area contributed by atoms with Crippen molar-refractivity contribution < 1.29 is 54.1 Å². The first-order chi connectivity index (χ1) is 16.0. The predicted molar refractivity (Wildman–Crippen MR) is 112 cm³/mol. The molecule has 0 amide bonds. The number of benzene rings is 2. The smallest absolute Gasteiger partial charge is 0.302 e. The van der Waals surface area contributed by atoms with Crippen LogP contribution in [-0.4, -0.2) is 80.4 Å². The molecule has 1 aliphatic heterocycles. The topological polar surface area (TPSA) is 180 Å². The number of carbonyl (C=O) groups excluding carboxylic acids is 3. The number of hydrogen-bond acceptors (Lipinski definition) is 11. The molecule has 0 aromatic heterocycles. The molecule has 2 aromatic rings. The molecular weight excluding hydrogens is 452 g/mol. The van der Waals surface area contributed by atoms with Crippen LogP contribution in [0, 0.1) is 6.92 Å². The monoisotopic (exact) mass is 474 g/mol. The maximum atomic E-state index is 13.0. The van der Waals surface area contributed by atoms with Crippen LogP contribution in [0.25, 0.3) is 0 Å². The molecule has 1 aliphatic carbocycles. The van der Waals surface area contributed by atoms with Gasteiger partial charge in [0.1, 0.15) is 48.3 Å². The first-order valence-electron chi connectivity index (χ1n) is 10.3. The predicted octanol–water partition coefficient (Wildman–Crippen LogP) is -0.0689. The molecule has 34 heavy (non-hydrogen) atoms. The molecule has 0 saturated carbocycles. The van der Waals surface area contributed by atoms with Crippen LogP contribution in [0.5, 0.6) is 17.2 Å². The Morgan fingerprint density at radius 1 is 0.971 bits per heavy atom. The average molecular weight is 474 g/mol.